The molecule has 34 heavy (non-hydrogen) atoms. The van der Waals surface area contributed by atoms with Gasteiger partial charge in [-0.15, -0.1) is 4.91 Å². The lowest BCUT2D eigenvalue weighted by molar-refractivity contribution is -0.156. The maximum absolute atomic E-state index is 12.7. The lowest BCUT2D eigenvalue weighted by Gasteiger charge is -2.19. The fourth-order valence-electron chi connectivity index (χ4n) is 2.75. The van der Waals surface area contributed by atoms with E-state index in [9.17, 15) is 19.3 Å². The van der Waals surface area contributed by atoms with Gasteiger partial charge in [0.2, 0.25) is 5.91 Å². The summed E-state index contributed by atoms with van der Waals surface area (Å²) < 4.78 is 10.7. The van der Waals surface area contributed by atoms with Crippen molar-refractivity contribution >= 4 is 50.6 Å². The minimum atomic E-state index is -0.526. The van der Waals surface area contributed by atoms with Crippen molar-refractivity contribution in [2.75, 3.05) is 35.7 Å². The summed E-state index contributed by atoms with van der Waals surface area (Å²) in [5, 5.41) is 11.7. The number of nitrogens with zero attached hydrogens (tertiary/aromatic N) is 2. The second-order valence-corrected chi connectivity index (χ2v) is 9.25. The average Bonchev–Trinajstić information content (AvgIpc) is 3.07. The van der Waals surface area contributed by atoms with Crippen LogP contribution in [-0.2, 0) is 19.1 Å². The van der Waals surface area contributed by atoms with E-state index in [4.69, 9.17) is 9.47 Å². The number of carbonyl (C=O) groups excluding carboxylic acids is 3. The molecule has 2 amide bonds. The summed E-state index contributed by atoms with van der Waals surface area (Å²) in [6.07, 6.45) is 0.163. The van der Waals surface area contributed by atoms with Crippen LogP contribution in [-0.4, -0.2) is 48.1 Å². The van der Waals surface area contributed by atoms with E-state index in [2.05, 4.69) is 26.1 Å². The fourth-order valence-corrected chi connectivity index (χ4v) is 3.49. The van der Waals surface area contributed by atoms with Gasteiger partial charge in [0, 0.05) is 19.2 Å². The molecule has 11 nitrogen and oxygen atoms in total. The number of rotatable bonds is 11. The van der Waals surface area contributed by atoms with Crippen LogP contribution in [0.5, 0.6) is 0 Å². The van der Waals surface area contributed by atoms with E-state index in [0.29, 0.717) is 30.2 Å². The summed E-state index contributed by atoms with van der Waals surface area (Å²) in [6.45, 7) is 9.41. The van der Waals surface area contributed by atoms with Crippen LogP contribution in [0.2, 0.25) is 0 Å². The zero-order valence-electron chi connectivity index (χ0n) is 19.8. The van der Waals surface area contributed by atoms with Crippen LogP contribution in [0.4, 0.5) is 21.5 Å². The van der Waals surface area contributed by atoms with Gasteiger partial charge in [0.15, 0.2) is 10.1 Å². The Bertz CT molecular complexity index is 1050. The first-order chi connectivity index (χ1) is 16.0. The minimum Gasteiger partial charge on any atom is -0.460 e. The predicted molar refractivity (Wildman–Crippen MR) is 131 cm³/mol. The summed E-state index contributed by atoms with van der Waals surface area (Å²) in [7, 11) is 0. The van der Waals surface area contributed by atoms with E-state index < -0.39 is 11.5 Å². The molecule has 0 bridgehead atoms. The molecule has 12 heteroatoms. The Kier molecular flexibility index (Phi) is 9.63. The van der Waals surface area contributed by atoms with Gasteiger partial charge < -0.3 is 20.1 Å². The van der Waals surface area contributed by atoms with Gasteiger partial charge in [0.05, 0.1) is 36.6 Å². The molecular formula is C22H29N5O6S. The number of aromatic nitrogens is 1. The first kappa shape index (κ1) is 26.9. The Balaban J connectivity index is 1.93. The number of carbonyl (C=O) groups is 3. The molecule has 2 rings (SSSR count). The number of amides is 2. The number of hydrogen-bond donors (Lipinski definition) is 3. The van der Waals surface area contributed by atoms with Gasteiger partial charge in [-0.3, -0.25) is 19.7 Å². The molecule has 0 radical (unpaired) electrons. The Morgan fingerprint density at radius 1 is 1.15 bits per heavy atom. The van der Waals surface area contributed by atoms with Gasteiger partial charge in [0.25, 0.3) is 5.91 Å². The molecule has 0 saturated carbocycles. The monoisotopic (exact) mass is 491 g/mol. The topological polar surface area (TPSA) is 148 Å². The number of nitrogens with one attached hydrogen (secondary N) is 3. The molecule has 0 aliphatic heterocycles. The highest BCUT2D eigenvalue weighted by atomic mass is 32.1. The second kappa shape index (κ2) is 12.2. The number of esters is 1. The molecule has 0 fully saturated rings. The van der Waals surface area contributed by atoms with Gasteiger partial charge in [-0.25, -0.2) is 4.98 Å². The van der Waals surface area contributed by atoms with Crippen LogP contribution in [0, 0.1) is 11.8 Å². The van der Waals surface area contributed by atoms with E-state index in [0.717, 1.165) is 11.3 Å². The molecule has 1 aromatic heterocycles. The number of anilines is 3. The van der Waals surface area contributed by atoms with Gasteiger partial charge in [-0.05, 0) is 51.1 Å². The van der Waals surface area contributed by atoms with Crippen LogP contribution in [0.25, 0.3) is 0 Å². The first-order valence-electron chi connectivity index (χ1n) is 10.6. The van der Waals surface area contributed by atoms with E-state index >= 15 is 0 Å². The predicted octanol–water partition coefficient (Wildman–Crippen LogP) is 4.22. The molecule has 1 heterocycles. The van der Waals surface area contributed by atoms with Crippen molar-refractivity contribution in [2.24, 2.45) is 5.18 Å². The van der Waals surface area contributed by atoms with Crippen molar-refractivity contribution in [3.63, 3.8) is 0 Å². The highest BCUT2D eigenvalue weighted by Gasteiger charge is 2.17. The third-order valence-electron chi connectivity index (χ3n) is 4.10. The van der Waals surface area contributed by atoms with Crippen molar-refractivity contribution in [3.8, 4) is 0 Å². The molecule has 0 unspecified atom stereocenters. The Labute approximate surface area is 201 Å². The summed E-state index contributed by atoms with van der Waals surface area (Å²) >= 11 is 0.962. The van der Waals surface area contributed by atoms with Crippen molar-refractivity contribution < 1.29 is 23.9 Å². The Morgan fingerprint density at radius 2 is 1.88 bits per heavy atom. The number of thiazole rings is 1. The van der Waals surface area contributed by atoms with Crippen molar-refractivity contribution in [3.05, 3.63) is 34.4 Å². The zero-order valence-corrected chi connectivity index (χ0v) is 20.6. The smallest absolute Gasteiger partial charge is 0.308 e. The highest BCUT2D eigenvalue weighted by molar-refractivity contribution is 7.19. The molecule has 0 saturated heterocycles. The van der Waals surface area contributed by atoms with Gasteiger partial charge in [0.1, 0.15) is 5.60 Å². The minimum absolute atomic E-state index is 0.163. The Morgan fingerprint density at radius 3 is 2.50 bits per heavy atom. The van der Waals surface area contributed by atoms with Crippen LogP contribution in [0.3, 0.4) is 0 Å². The maximum Gasteiger partial charge on any atom is 0.308 e. The molecule has 0 aliphatic carbocycles. The third kappa shape index (κ3) is 8.87. The zero-order chi connectivity index (χ0) is 25.3. The molecular weight excluding hydrogens is 462 g/mol. The maximum atomic E-state index is 12.7. The fraction of sp³-hybridized carbons (Fsp3) is 0.455. The van der Waals surface area contributed by atoms with E-state index in [1.807, 2.05) is 0 Å². The average molecular weight is 492 g/mol. The van der Waals surface area contributed by atoms with Crippen LogP contribution < -0.4 is 16.0 Å². The van der Waals surface area contributed by atoms with Crippen LogP contribution >= 0.6 is 11.3 Å². The second-order valence-electron chi connectivity index (χ2n) is 8.27. The number of nitroso groups, excluding NO2 is 1. The first-order valence-corrected chi connectivity index (χ1v) is 11.4. The number of aryl methyl sites for hydroxylation is 1. The Hall–Kier alpha value is -3.38. The van der Waals surface area contributed by atoms with E-state index in [1.165, 1.54) is 6.92 Å². The van der Waals surface area contributed by atoms with E-state index in [1.54, 1.807) is 45.9 Å². The van der Waals surface area contributed by atoms with Gasteiger partial charge >= 0.3 is 5.97 Å². The quantitative estimate of drug-likeness (QED) is 0.240. The van der Waals surface area contributed by atoms with Crippen LogP contribution in [0.1, 0.15) is 50.2 Å². The molecule has 2 aromatic rings. The largest absolute Gasteiger partial charge is 0.460 e. The number of hydrogen-bond acceptors (Lipinski definition) is 10. The molecule has 1 aromatic carbocycles. The van der Waals surface area contributed by atoms with Gasteiger partial charge in [-0.2, -0.15) is 0 Å². The summed E-state index contributed by atoms with van der Waals surface area (Å²) in [6, 6.07) is 4.88. The third-order valence-corrected chi connectivity index (χ3v) is 5.05. The summed E-state index contributed by atoms with van der Waals surface area (Å²) in [5.41, 5.74) is 1.09. The lowest BCUT2D eigenvalue weighted by atomic mass is 10.1. The SMILES string of the molecule is CC(=O)Nc1cc(NCCOCCC(=O)OC(C)(C)C)ccc1C(=O)Nc1nc(C)c(N=O)s1. The molecule has 0 aliphatic rings. The summed E-state index contributed by atoms with van der Waals surface area (Å²) in [4.78, 5) is 50.9. The number of ether oxygens (including phenoxy) is 2. The van der Waals surface area contributed by atoms with Crippen molar-refractivity contribution in [2.45, 2.75) is 46.6 Å². The van der Waals surface area contributed by atoms with Crippen LogP contribution in [0.15, 0.2) is 23.4 Å². The normalized spacial score (nSPS) is 11.0. The molecule has 3 N–H and O–H groups in total. The summed E-state index contributed by atoms with van der Waals surface area (Å²) in [5.74, 6) is -1.15. The lowest BCUT2D eigenvalue weighted by Crippen LogP contribution is -2.24. The number of benzene rings is 1. The van der Waals surface area contributed by atoms with Gasteiger partial charge in [-0.1, -0.05) is 11.3 Å². The van der Waals surface area contributed by atoms with Crippen molar-refractivity contribution in [1.82, 2.24) is 4.98 Å². The molecule has 0 atom stereocenters. The van der Waals surface area contributed by atoms with Crippen molar-refractivity contribution in [1.29, 1.82) is 0 Å². The molecule has 184 valence electrons. The standard InChI is InChI=1S/C22H29N5O6S/c1-13-20(27-31)34-21(24-13)26-19(30)16-7-6-15(12-17(16)25-14(2)28)23-9-11-32-10-8-18(29)33-22(3,4)5/h6-7,12,23H,8-11H2,1-5H3,(H,25,28)(H,24,26,30). The highest BCUT2D eigenvalue weighted by Crippen LogP contribution is 2.31. The molecule has 0 spiro atoms. The van der Waals surface area contributed by atoms with E-state index in [-0.39, 0.29) is 40.6 Å².